The van der Waals surface area contributed by atoms with Gasteiger partial charge in [0, 0.05) is 39.3 Å². The Kier molecular flexibility index (Phi) is 19.2. The highest BCUT2D eigenvalue weighted by Gasteiger charge is 2.23. The van der Waals surface area contributed by atoms with Crippen LogP contribution in [0.1, 0.15) is 122 Å². The van der Waals surface area contributed by atoms with Gasteiger partial charge in [-0.2, -0.15) is 0 Å². The molecule has 22 nitrogen and oxygen atoms in total. The van der Waals surface area contributed by atoms with Crippen molar-refractivity contribution in [1.29, 1.82) is 0 Å². The molecule has 0 radical (unpaired) electrons. The Morgan fingerprint density at radius 2 is 0.754 bits per heavy atom. The van der Waals surface area contributed by atoms with Gasteiger partial charge in [0.1, 0.15) is 53.6 Å². The van der Waals surface area contributed by atoms with Crippen LogP contribution in [0, 0.1) is 0 Å². The first-order chi connectivity index (χ1) is 29.2. The average Bonchev–Trinajstić information content (AvgIpc) is 3.21. The SMILES string of the molecule is CCCCOn1c(C(=O)NCCN(CCNC(=O)c2ccc(C(=O)O)c(=O)n2OCCCC)CCNC(=O)c2ccc(C(=O)O)c(=O)n2OCCCC)ccc(C(=O)O)c1=O. The van der Waals surface area contributed by atoms with Gasteiger partial charge >= 0.3 is 17.9 Å². The minimum Gasteiger partial charge on any atom is -0.477 e. The minimum atomic E-state index is -1.51. The van der Waals surface area contributed by atoms with Crippen LogP contribution in [0.15, 0.2) is 50.8 Å². The quantitative estimate of drug-likeness (QED) is 0.0543. The fraction of sp³-hybridized carbons (Fsp3) is 0.462. The van der Waals surface area contributed by atoms with E-state index in [1.807, 2.05) is 20.8 Å². The van der Waals surface area contributed by atoms with Crippen LogP contribution in [-0.2, 0) is 0 Å². The second-order valence-corrected chi connectivity index (χ2v) is 13.3. The summed E-state index contributed by atoms with van der Waals surface area (Å²) in [5.41, 5.74) is -5.72. The van der Waals surface area contributed by atoms with Crippen LogP contribution in [-0.4, -0.2) is 129 Å². The lowest BCUT2D eigenvalue weighted by molar-refractivity contribution is 0.0651. The van der Waals surface area contributed by atoms with Gasteiger partial charge in [-0.3, -0.25) is 33.7 Å². The van der Waals surface area contributed by atoms with Crippen molar-refractivity contribution in [2.45, 2.75) is 59.3 Å². The molecule has 0 aliphatic carbocycles. The number of carboxylic acids is 3. The average molecular weight is 858 g/mol. The lowest BCUT2D eigenvalue weighted by atomic mass is 10.2. The molecule has 0 unspecified atom stereocenters. The van der Waals surface area contributed by atoms with Crippen molar-refractivity contribution in [3.8, 4) is 0 Å². The summed E-state index contributed by atoms with van der Waals surface area (Å²) in [5.74, 6) is -6.84. The van der Waals surface area contributed by atoms with Crippen molar-refractivity contribution in [3.05, 3.63) is 101 Å². The van der Waals surface area contributed by atoms with Gasteiger partial charge in [0.05, 0.1) is 0 Å². The summed E-state index contributed by atoms with van der Waals surface area (Å²) >= 11 is 0. The number of aromatic carboxylic acids is 3. The molecule has 3 aromatic heterocycles. The normalized spacial score (nSPS) is 10.8. The Morgan fingerprint density at radius 1 is 0.492 bits per heavy atom. The number of aromatic nitrogens is 3. The number of hydrogen-bond acceptors (Lipinski definition) is 13. The summed E-state index contributed by atoms with van der Waals surface area (Å²) in [6, 6.07) is 6.38. The largest absolute Gasteiger partial charge is 0.477 e. The Labute approximate surface area is 348 Å². The summed E-state index contributed by atoms with van der Waals surface area (Å²) < 4.78 is 1.88. The summed E-state index contributed by atoms with van der Waals surface area (Å²) in [5, 5.41) is 36.2. The molecule has 0 saturated carbocycles. The number of carbonyl (C=O) groups excluding carboxylic acids is 3. The monoisotopic (exact) mass is 857 g/mol. The lowest BCUT2D eigenvalue weighted by Gasteiger charge is -2.23. The van der Waals surface area contributed by atoms with E-state index >= 15 is 0 Å². The molecule has 3 amide bonds. The van der Waals surface area contributed by atoms with Gasteiger partial charge in [-0.15, -0.1) is 14.2 Å². The predicted octanol–water partition coefficient (Wildman–Crippen LogP) is -0.156. The van der Waals surface area contributed by atoms with Crippen LogP contribution in [0.4, 0.5) is 0 Å². The third-order valence-corrected chi connectivity index (χ3v) is 8.81. The molecule has 6 N–H and O–H groups in total. The topological polar surface area (TPSA) is 296 Å². The molecule has 332 valence electrons. The Balaban J connectivity index is 1.82. The van der Waals surface area contributed by atoms with Crippen LogP contribution in [0.2, 0.25) is 0 Å². The van der Waals surface area contributed by atoms with E-state index in [1.54, 1.807) is 4.90 Å². The van der Waals surface area contributed by atoms with Crippen molar-refractivity contribution in [1.82, 2.24) is 35.0 Å². The molecule has 0 atom stereocenters. The molecule has 3 heterocycles. The van der Waals surface area contributed by atoms with E-state index in [-0.39, 0.29) is 76.2 Å². The predicted molar refractivity (Wildman–Crippen MR) is 215 cm³/mol. The summed E-state index contributed by atoms with van der Waals surface area (Å²) in [7, 11) is 0. The number of hydrogen-bond donors (Lipinski definition) is 6. The van der Waals surface area contributed by atoms with Crippen molar-refractivity contribution in [3.63, 3.8) is 0 Å². The third kappa shape index (κ3) is 13.5. The zero-order chi connectivity index (χ0) is 45.1. The maximum absolute atomic E-state index is 13.3. The van der Waals surface area contributed by atoms with Crippen molar-refractivity contribution >= 4 is 35.6 Å². The Morgan fingerprint density at radius 3 is 0.984 bits per heavy atom. The van der Waals surface area contributed by atoms with E-state index in [0.29, 0.717) is 52.7 Å². The van der Waals surface area contributed by atoms with Crippen molar-refractivity contribution in [2.75, 3.05) is 59.1 Å². The second kappa shape index (κ2) is 24.2. The molecule has 3 aromatic rings. The lowest BCUT2D eigenvalue weighted by Crippen LogP contribution is -2.45. The number of pyridine rings is 3. The first-order valence-electron chi connectivity index (χ1n) is 19.6. The van der Waals surface area contributed by atoms with Crippen molar-refractivity contribution < 1.29 is 58.6 Å². The number of carbonyl (C=O) groups is 6. The minimum absolute atomic E-state index is 0.0281. The molecule has 0 aliphatic rings. The van der Waals surface area contributed by atoms with Crippen LogP contribution in [0.5, 0.6) is 0 Å². The van der Waals surface area contributed by atoms with Crippen LogP contribution >= 0.6 is 0 Å². The molecule has 0 fully saturated rings. The van der Waals surface area contributed by atoms with E-state index in [1.165, 1.54) is 0 Å². The fourth-order valence-electron chi connectivity index (χ4n) is 5.43. The summed E-state index contributed by atoms with van der Waals surface area (Å²) in [4.78, 5) is 131. The molecule has 0 aromatic carbocycles. The molecular formula is C39H51N7O15. The van der Waals surface area contributed by atoms with Gasteiger partial charge < -0.3 is 45.8 Å². The molecule has 3 rings (SSSR count). The highest BCUT2D eigenvalue weighted by atomic mass is 16.7. The summed E-state index contributed by atoms with van der Waals surface area (Å²) in [6.07, 6.45) is 3.63. The standard InChI is InChI=1S/C39H51N7O15/c1-4-7-22-59-44-28(13-10-25(34(44)50)37(53)54)31(47)40-16-19-43(20-17-41-32(48)29-14-11-26(38(55)56)35(51)45(29)60-23-8-5-2)21-18-42-33(49)30-15-12-27(39(57)58)36(52)46(30)61-24-9-6-3/h10-15H,4-9,16-24H2,1-3H3,(H,40,47)(H,41,48)(H,42,49)(H,53,54)(H,55,56)(H,57,58). The maximum atomic E-state index is 13.3. The zero-order valence-electron chi connectivity index (χ0n) is 34.1. The third-order valence-electron chi connectivity index (χ3n) is 8.81. The van der Waals surface area contributed by atoms with E-state index < -0.39 is 69.0 Å². The van der Waals surface area contributed by atoms with E-state index in [2.05, 4.69) is 16.0 Å². The number of nitrogens with one attached hydrogen (secondary N) is 3. The summed E-state index contributed by atoms with van der Waals surface area (Å²) in [6.45, 7) is 5.68. The molecule has 0 bridgehead atoms. The van der Waals surface area contributed by atoms with Crippen LogP contribution < -0.4 is 47.1 Å². The smallest absolute Gasteiger partial charge is 0.341 e. The number of unbranched alkanes of at least 4 members (excludes halogenated alkanes) is 3. The van der Waals surface area contributed by atoms with E-state index in [4.69, 9.17) is 14.5 Å². The second-order valence-electron chi connectivity index (χ2n) is 13.3. The van der Waals surface area contributed by atoms with Gasteiger partial charge in [-0.1, -0.05) is 40.0 Å². The van der Waals surface area contributed by atoms with E-state index in [0.717, 1.165) is 36.4 Å². The fourth-order valence-corrected chi connectivity index (χ4v) is 5.43. The van der Waals surface area contributed by atoms with E-state index in [9.17, 15) is 58.5 Å². The first kappa shape index (κ1) is 48.4. The van der Waals surface area contributed by atoms with Crippen LogP contribution in [0.3, 0.4) is 0 Å². The Hall–Kier alpha value is -6.97. The highest BCUT2D eigenvalue weighted by molar-refractivity contribution is 5.95. The number of rotatable bonds is 27. The number of amides is 3. The molecule has 0 aliphatic heterocycles. The molecular weight excluding hydrogens is 806 g/mol. The highest BCUT2D eigenvalue weighted by Crippen LogP contribution is 2.04. The van der Waals surface area contributed by atoms with Crippen molar-refractivity contribution in [2.24, 2.45) is 0 Å². The van der Waals surface area contributed by atoms with Crippen LogP contribution in [0.25, 0.3) is 0 Å². The Bertz CT molecular complexity index is 1990. The first-order valence-corrected chi connectivity index (χ1v) is 19.6. The number of nitrogens with zero attached hydrogens (tertiary/aromatic N) is 4. The molecule has 22 heteroatoms. The maximum Gasteiger partial charge on any atom is 0.341 e. The van der Waals surface area contributed by atoms with Gasteiger partial charge in [0.25, 0.3) is 34.4 Å². The molecule has 0 spiro atoms. The van der Waals surface area contributed by atoms with Gasteiger partial charge in [-0.25, -0.2) is 14.4 Å². The van der Waals surface area contributed by atoms with Gasteiger partial charge in [-0.05, 0) is 55.7 Å². The molecule has 61 heavy (non-hydrogen) atoms. The molecule has 0 saturated heterocycles. The van der Waals surface area contributed by atoms with Gasteiger partial charge in [0.15, 0.2) is 0 Å². The number of carboxylic acid groups (broad SMARTS) is 3. The zero-order valence-corrected chi connectivity index (χ0v) is 34.1. The van der Waals surface area contributed by atoms with Gasteiger partial charge in [0.2, 0.25) is 0 Å².